The largest absolute Gasteiger partial charge is 0.742 e. The van der Waals surface area contributed by atoms with Crippen molar-refractivity contribution in [3.63, 3.8) is 0 Å². The molecule has 1 aromatic carbocycles. The van der Waals surface area contributed by atoms with Gasteiger partial charge in [-0.05, 0) is 30.5 Å². The molecule has 0 saturated heterocycles. The maximum absolute atomic E-state index is 11.7. The van der Waals surface area contributed by atoms with Gasteiger partial charge in [-0.3, -0.25) is 14.4 Å². The van der Waals surface area contributed by atoms with E-state index in [0.717, 1.165) is 33.6 Å². The molecule has 0 aliphatic carbocycles. The Morgan fingerprint density at radius 1 is 1.07 bits per heavy atom. The minimum atomic E-state index is -4.15. The highest BCUT2D eigenvalue weighted by Gasteiger charge is 2.55. The summed E-state index contributed by atoms with van der Waals surface area (Å²) in [4.78, 5) is 35.0. The molecule has 160 valence electrons. The summed E-state index contributed by atoms with van der Waals surface area (Å²) < 4.78 is 27.8. The van der Waals surface area contributed by atoms with E-state index >= 15 is 0 Å². The minimum Gasteiger partial charge on any atom is -0.462 e. The van der Waals surface area contributed by atoms with Crippen molar-refractivity contribution in [2.45, 2.75) is 66.8 Å². The summed E-state index contributed by atoms with van der Waals surface area (Å²) in [5.41, 5.74) is 0.674. The molecule has 0 bridgehead atoms. The van der Waals surface area contributed by atoms with Crippen LogP contribution in [-0.4, -0.2) is 32.5 Å². The summed E-state index contributed by atoms with van der Waals surface area (Å²) in [7, 11) is -4.15. The van der Waals surface area contributed by atoms with Crippen LogP contribution >= 0.6 is 0 Å². The van der Waals surface area contributed by atoms with Crippen molar-refractivity contribution < 1.29 is 37.1 Å². The molecule has 1 unspecified atom stereocenters. The topological polar surface area (TPSA) is 97.4 Å². The van der Waals surface area contributed by atoms with Gasteiger partial charge in [-0.1, -0.05) is 13.8 Å². The van der Waals surface area contributed by atoms with Gasteiger partial charge in [-0.15, -0.1) is 0 Å². The van der Waals surface area contributed by atoms with E-state index in [9.17, 15) is 14.4 Å². The van der Waals surface area contributed by atoms with Crippen molar-refractivity contribution in [3.8, 4) is 5.75 Å². The van der Waals surface area contributed by atoms with Crippen LogP contribution in [0.4, 0.5) is 0 Å². The van der Waals surface area contributed by atoms with Crippen LogP contribution in [0.3, 0.4) is 0 Å². The highest BCUT2D eigenvalue weighted by atomic mass is 28.4. The zero-order valence-corrected chi connectivity index (χ0v) is 18.7. The lowest BCUT2D eigenvalue weighted by Crippen LogP contribution is -2.59. The highest BCUT2D eigenvalue weighted by molar-refractivity contribution is 6.79. The van der Waals surface area contributed by atoms with E-state index in [-0.39, 0.29) is 11.8 Å². The van der Waals surface area contributed by atoms with Gasteiger partial charge in [0, 0.05) is 39.7 Å². The van der Waals surface area contributed by atoms with Gasteiger partial charge in [0.05, 0.1) is 11.8 Å². The SMILES string of the molecule is CC(=O)O[Si](OC(C)=O)(OC(C)=O)c1ccc2c(c1)COC(C)(CCC(C)C)O2. The Morgan fingerprint density at radius 3 is 2.10 bits per heavy atom. The maximum Gasteiger partial charge on any atom is 0.742 e. The molecule has 1 atom stereocenters. The van der Waals surface area contributed by atoms with Gasteiger partial charge in [-0.2, -0.15) is 0 Å². The van der Waals surface area contributed by atoms with Crippen LogP contribution in [0.5, 0.6) is 5.75 Å². The van der Waals surface area contributed by atoms with E-state index in [4.69, 9.17) is 22.8 Å². The lowest BCUT2D eigenvalue weighted by molar-refractivity contribution is -0.198. The van der Waals surface area contributed by atoms with Crippen molar-refractivity contribution in [3.05, 3.63) is 23.8 Å². The third-order valence-corrected chi connectivity index (χ3v) is 6.97. The van der Waals surface area contributed by atoms with Gasteiger partial charge >= 0.3 is 8.80 Å². The number of carbonyl (C=O) groups excluding carboxylic acids is 3. The first-order valence-corrected chi connectivity index (χ1v) is 11.2. The Bertz CT molecular complexity index is 750. The predicted octanol–water partition coefficient (Wildman–Crippen LogP) is 2.58. The number of benzene rings is 1. The molecule has 1 aliphatic rings. The fraction of sp³-hybridized carbons (Fsp3) is 0.550. The third-order valence-electron chi connectivity index (χ3n) is 4.28. The molecule has 0 fully saturated rings. The predicted molar refractivity (Wildman–Crippen MR) is 105 cm³/mol. The third kappa shape index (κ3) is 6.04. The van der Waals surface area contributed by atoms with Crippen molar-refractivity contribution >= 4 is 31.9 Å². The lowest BCUT2D eigenvalue weighted by atomic mass is 10.0. The molecular weight excluding hydrogens is 396 g/mol. The Kier molecular flexibility index (Phi) is 7.07. The number of rotatable bonds is 7. The highest BCUT2D eigenvalue weighted by Crippen LogP contribution is 2.34. The second kappa shape index (κ2) is 8.96. The summed E-state index contributed by atoms with van der Waals surface area (Å²) in [6.45, 7) is 9.87. The van der Waals surface area contributed by atoms with Crippen LogP contribution in [0.1, 0.15) is 59.9 Å². The average Bonchev–Trinajstić information content (AvgIpc) is 2.57. The van der Waals surface area contributed by atoms with Gasteiger partial charge < -0.3 is 22.8 Å². The number of hydrogen-bond acceptors (Lipinski definition) is 8. The van der Waals surface area contributed by atoms with Crippen LogP contribution in [0.2, 0.25) is 0 Å². The summed E-state index contributed by atoms with van der Waals surface area (Å²) in [5, 5.41) is 0.287. The molecule has 1 aromatic rings. The van der Waals surface area contributed by atoms with E-state index in [1.165, 1.54) is 0 Å². The molecule has 2 rings (SSSR count). The normalized spacial score (nSPS) is 18.4. The second-order valence-electron chi connectivity index (χ2n) is 7.62. The molecule has 0 aromatic heterocycles. The van der Waals surface area contributed by atoms with Crippen molar-refractivity contribution in [2.24, 2.45) is 5.92 Å². The first kappa shape index (κ1) is 22.9. The standard InChI is InChI=1S/C20H28O8Si/c1-13(2)9-10-20(6)24-12-17-11-18(7-8-19(17)25-20)29(26-14(3)21,27-15(4)22)28-16(5)23/h7-8,11,13H,9-10,12H2,1-6H3. The summed E-state index contributed by atoms with van der Waals surface area (Å²) in [6, 6.07) is 4.88. The van der Waals surface area contributed by atoms with Crippen LogP contribution < -0.4 is 9.92 Å². The Labute approximate surface area is 171 Å². The first-order chi connectivity index (χ1) is 13.4. The summed E-state index contributed by atoms with van der Waals surface area (Å²) in [5.74, 6) is -1.80. The molecule has 1 aliphatic heterocycles. The molecule has 1 heterocycles. The molecular formula is C20H28O8Si. The molecule has 0 saturated carbocycles. The van der Waals surface area contributed by atoms with Crippen LogP contribution in [0, 0.1) is 5.92 Å². The van der Waals surface area contributed by atoms with Crippen molar-refractivity contribution in [2.75, 3.05) is 0 Å². The van der Waals surface area contributed by atoms with E-state index in [0.29, 0.717) is 17.2 Å². The van der Waals surface area contributed by atoms with E-state index in [1.807, 2.05) is 6.92 Å². The molecule has 0 radical (unpaired) electrons. The van der Waals surface area contributed by atoms with Gasteiger partial charge in [0.15, 0.2) is 0 Å². The zero-order chi connectivity index (χ0) is 21.8. The first-order valence-electron chi connectivity index (χ1n) is 9.50. The smallest absolute Gasteiger partial charge is 0.462 e. The molecule has 0 amide bonds. The van der Waals surface area contributed by atoms with E-state index < -0.39 is 32.5 Å². The van der Waals surface area contributed by atoms with E-state index in [1.54, 1.807) is 18.2 Å². The van der Waals surface area contributed by atoms with Crippen molar-refractivity contribution in [1.82, 2.24) is 0 Å². The molecule has 29 heavy (non-hydrogen) atoms. The Morgan fingerprint density at radius 2 is 1.62 bits per heavy atom. The van der Waals surface area contributed by atoms with Gasteiger partial charge in [0.25, 0.3) is 17.9 Å². The van der Waals surface area contributed by atoms with Gasteiger partial charge in [-0.25, -0.2) is 0 Å². The minimum absolute atomic E-state index is 0.252. The average molecular weight is 425 g/mol. The molecule has 0 N–H and O–H groups in total. The van der Waals surface area contributed by atoms with E-state index in [2.05, 4.69) is 13.8 Å². The lowest BCUT2D eigenvalue weighted by Gasteiger charge is -2.36. The quantitative estimate of drug-likeness (QED) is 0.616. The second-order valence-corrected chi connectivity index (χ2v) is 9.92. The fourth-order valence-electron chi connectivity index (χ4n) is 2.96. The number of carbonyl (C=O) groups is 3. The van der Waals surface area contributed by atoms with Crippen LogP contribution in [0.25, 0.3) is 0 Å². The number of hydrogen-bond donors (Lipinski definition) is 0. The monoisotopic (exact) mass is 424 g/mol. The van der Waals surface area contributed by atoms with Crippen molar-refractivity contribution in [1.29, 1.82) is 0 Å². The van der Waals surface area contributed by atoms with Crippen LogP contribution in [-0.2, 0) is 39.0 Å². The Hall–Kier alpha value is -2.39. The fourth-order valence-corrected chi connectivity index (χ4v) is 5.21. The summed E-state index contributed by atoms with van der Waals surface area (Å²) >= 11 is 0. The summed E-state index contributed by atoms with van der Waals surface area (Å²) in [6.07, 6.45) is 1.68. The Balaban J connectivity index is 2.39. The van der Waals surface area contributed by atoms with Crippen LogP contribution in [0.15, 0.2) is 18.2 Å². The number of fused-ring (bicyclic) bond motifs is 1. The maximum atomic E-state index is 11.7. The number of ether oxygens (including phenoxy) is 2. The van der Waals surface area contributed by atoms with Gasteiger partial charge in [0.2, 0.25) is 5.79 Å². The molecule has 8 nitrogen and oxygen atoms in total. The zero-order valence-electron chi connectivity index (χ0n) is 17.7. The molecule has 9 heteroatoms. The van der Waals surface area contributed by atoms with Gasteiger partial charge in [0.1, 0.15) is 5.75 Å². The molecule has 0 spiro atoms.